The molecule has 1 aliphatic rings. The van der Waals surface area contributed by atoms with E-state index in [4.69, 9.17) is 5.73 Å². The number of rotatable bonds is 4. The van der Waals surface area contributed by atoms with Crippen molar-refractivity contribution in [3.05, 3.63) is 23.4 Å². The normalized spacial score (nSPS) is 17.5. The minimum atomic E-state index is -0.739. The average Bonchev–Trinajstić information content (AvgIpc) is 2.46. The van der Waals surface area contributed by atoms with Crippen molar-refractivity contribution in [3.8, 4) is 0 Å². The van der Waals surface area contributed by atoms with Gasteiger partial charge < -0.3 is 15.7 Å². The predicted octanol–water partition coefficient (Wildman–Crippen LogP) is 1.57. The molecule has 114 valence electrons. The van der Waals surface area contributed by atoms with E-state index in [0.717, 1.165) is 5.69 Å². The van der Waals surface area contributed by atoms with Gasteiger partial charge in [-0.3, -0.25) is 9.59 Å². The van der Waals surface area contributed by atoms with Gasteiger partial charge in [0.2, 0.25) is 0 Å². The van der Waals surface area contributed by atoms with E-state index in [1.54, 1.807) is 12.1 Å². The molecule has 1 aliphatic heterocycles. The Morgan fingerprint density at radius 3 is 2.48 bits per heavy atom. The van der Waals surface area contributed by atoms with Crippen LogP contribution in [-0.2, 0) is 4.79 Å². The zero-order chi connectivity index (χ0) is 15.6. The van der Waals surface area contributed by atoms with Crippen molar-refractivity contribution in [2.45, 2.75) is 33.1 Å². The van der Waals surface area contributed by atoms with Gasteiger partial charge in [-0.1, -0.05) is 6.92 Å². The molecule has 2 rings (SSSR count). The number of carboxylic acid groups (broad SMARTS) is 1. The van der Waals surface area contributed by atoms with Crippen molar-refractivity contribution in [2.24, 2.45) is 11.1 Å². The van der Waals surface area contributed by atoms with Crippen LogP contribution in [0.25, 0.3) is 0 Å². The Morgan fingerprint density at radius 1 is 1.38 bits per heavy atom. The Kier molecular flexibility index (Phi) is 4.16. The molecule has 0 bridgehead atoms. The highest BCUT2D eigenvalue weighted by Gasteiger charge is 2.40. The van der Waals surface area contributed by atoms with E-state index in [0.29, 0.717) is 43.7 Å². The number of piperidine rings is 1. The van der Waals surface area contributed by atoms with Crippen LogP contribution in [0.2, 0.25) is 0 Å². The largest absolute Gasteiger partial charge is 0.481 e. The number of amides is 1. The molecule has 1 aromatic heterocycles. The number of hydrogen-bond acceptors (Lipinski definition) is 4. The van der Waals surface area contributed by atoms with E-state index in [1.165, 1.54) is 0 Å². The van der Waals surface area contributed by atoms with Gasteiger partial charge in [0.05, 0.1) is 11.0 Å². The van der Waals surface area contributed by atoms with Gasteiger partial charge in [0, 0.05) is 18.8 Å². The second-order valence-electron chi connectivity index (χ2n) is 5.61. The van der Waals surface area contributed by atoms with Crippen LogP contribution in [0.3, 0.4) is 0 Å². The summed E-state index contributed by atoms with van der Waals surface area (Å²) in [5.74, 6) is -0.683. The fourth-order valence-electron chi connectivity index (χ4n) is 2.84. The molecule has 1 amide bonds. The first-order chi connectivity index (χ1) is 9.89. The minimum Gasteiger partial charge on any atom is -0.481 e. The molecule has 0 aliphatic carbocycles. The summed E-state index contributed by atoms with van der Waals surface area (Å²) in [6, 6.07) is 3.43. The SMILES string of the molecule is CCC1(C(=O)O)CCN(c2nc(C)ccc2C(N)=O)CC1. The van der Waals surface area contributed by atoms with Gasteiger partial charge in [-0.05, 0) is 38.3 Å². The molecule has 21 heavy (non-hydrogen) atoms. The molecule has 3 N–H and O–H groups in total. The molecule has 6 heteroatoms. The molecule has 6 nitrogen and oxygen atoms in total. The van der Waals surface area contributed by atoms with Gasteiger partial charge in [0.1, 0.15) is 5.82 Å². The number of pyridine rings is 1. The number of carbonyl (C=O) groups is 2. The molecular weight excluding hydrogens is 270 g/mol. The van der Waals surface area contributed by atoms with E-state index in [9.17, 15) is 14.7 Å². The fraction of sp³-hybridized carbons (Fsp3) is 0.533. The predicted molar refractivity (Wildman–Crippen MR) is 79.3 cm³/mol. The topological polar surface area (TPSA) is 96.5 Å². The fourth-order valence-corrected chi connectivity index (χ4v) is 2.84. The smallest absolute Gasteiger partial charge is 0.309 e. The number of aromatic nitrogens is 1. The molecular formula is C15H21N3O3. The highest BCUT2D eigenvalue weighted by molar-refractivity contribution is 5.97. The Balaban J connectivity index is 2.25. The molecule has 0 radical (unpaired) electrons. The second kappa shape index (κ2) is 5.71. The summed E-state index contributed by atoms with van der Waals surface area (Å²) in [5, 5.41) is 9.42. The van der Waals surface area contributed by atoms with Crippen LogP contribution in [-0.4, -0.2) is 35.1 Å². The lowest BCUT2D eigenvalue weighted by molar-refractivity contribution is -0.150. The second-order valence-corrected chi connectivity index (χ2v) is 5.61. The van der Waals surface area contributed by atoms with E-state index >= 15 is 0 Å². The maximum Gasteiger partial charge on any atom is 0.309 e. The summed E-state index contributed by atoms with van der Waals surface area (Å²) in [7, 11) is 0. The summed E-state index contributed by atoms with van der Waals surface area (Å²) in [4.78, 5) is 29.4. The van der Waals surface area contributed by atoms with E-state index in [1.807, 2.05) is 18.7 Å². The van der Waals surface area contributed by atoms with Gasteiger partial charge in [-0.15, -0.1) is 0 Å². The Hall–Kier alpha value is -2.11. The van der Waals surface area contributed by atoms with Crippen molar-refractivity contribution in [1.82, 2.24) is 4.98 Å². The molecule has 0 atom stereocenters. The molecule has 2 heterocycles. The number of carboxylic acids is 1. The third-order valence-corrected chi connectivity index (χ3v) is 4.43. The number of hydrogen-bond donors (Lipinski definition) is 2. The third-order valence-electron chi connectivity index (χ3n) is 4.43. The van der Waals surface area contributed by atoms with Gasteiger partial charge in [0.25, 0.3) is 5.91 Å². The van der Waals surface area contributed by atoms with Crippen LogP contribution < -0.4 is 10.6 Å². The quantitative estimate of drug-likeness (QED) is 0.877. The maximum absolute atomic E-state index is 11.5. The van der Waals surface area contributed by atoms with E-state index in [-0.39, 0.29) is 0 Å². The monoisotopic (exact) mass is 291 g/mol. The summed E-state index contributed by atoms with van der Waals surface area (Å²) < 4.78 is 0. The van der Waals surface area contributed by atoms with Crippen molar-refractivity contribution in [3.63, 3.8) is 0 Å². The lowest BCUT2D eigenvalue weighted by atomic mass is 9.76. The first-order valence-electron chi connectivity index (χ1n) is 7.15. The van der Waals surface area contributed by atoms with Gasteiger partial charge in [-0.2, -0.15) is 0 Å². The zero-order valence-electron chi connectivity index (χ0n) is 12.4. The summed E-state index contributed by atoms with van der Waals surface area (Å²) in [5.41, 5.74) is 5.93. The van der Waals surface area contributed by atoms with Gasteiger partial charge in [0.15, 0.2) is 0 Å². The third kappa shape index (κ3) is 2.84. The number of aliphatic carboxylic acids is 1. The van der Waals surface area contributed by atoms with Crippen molar-refractivity contribution >= 4 is 17.7 Å². The average molecular weight is 291 g/mol. The van der Waals surface area contributed by atoms with Crippen molar-refractivity contribution < 1.29 is 14.7 Å². The first kappa shape index (κ1) is 15.3. The van der Waals surface area contributed by atoms with Crippen LogP contribution in [0.4, 0.5) is 5.82 Å². The molecule has 0 spiro atoms. The number of primary amides is 1. The summed E-state index contributed by atoms with van der Waals surface area (Å²) >= 11 is 0. The molecule has 0 unspecified atom stereocenters. The summed E-state index contributed by atoms with van der Waals surface area (Å²) in [6.07, 6.45) is 1.71. The number of aryl methyl sites for hydroxylation is 1. The lowest BCUT2D eigenvalue weighted by Crippen LogP contribution is -2.45. The molecule has 1 fully saturated rings. The lowest BCUT2D eigenvalue weighted by Gasteiger charge is -2.39. The number of nitrogens with two attached hydrogens (primary N) is 1. The molecule has 1 aromatic rings. The van der Waals surface area contributed by atoms with E-state index in [2.05, 4.69) is 4.98 Å². The van der Waals surface area contributed by atoms with Crippen LogP contribution in [0.1, 0.15) is 42.2 Å². The Morgan fingerprint density at radius 2 is 2.00 bits per heavy atom. The number of carbonyl (C=O) groups excluding carboxylic acids is 1. The van der Waals surface area contributed by atoms with Crippen molar-refractivity contribution in [2.75, 3.05) is 18.0 Å². The van der Waals surface area contributed by atoms with Crippen LogP contribution in [0.15, 0.2) is 12.1 Å². The van der Waals surface area contributed by atoms with Crippen LogP contribution >= 0.6 is 0 Å². The van der Waals surface area contributed by atoms with Gasteiger partial charge >= 0.3 is 5.97 Å². The van der Waals surface area contributed by atoms with Gasteiger partial charge in [-0.25, -0.2) is 4.98 Å². The maximum atomic E-state index is 11.5. The zero-order valence-corrected chi connectivity index (χ0v) is 12.4. The highest BCUT2D eigenvalue weighted by Crippen LogP contribution is 2.36. The van der Waals surface area contributed by atoms with Crippen molar-refractivity contribution in [1.29, 1.82) is 0 Å². The molecule has 1 saturated heterocycles. The van der Waals surface area contributed by atoms with Crippen LogP contribution in [0, 0.1) is 12.3 Å². The first-order valence-corrected chi connectivity index (χ1v) is 7.15. The Bertz CT molecular complexity index is 563. The Labute approximate surface area is 124 Å². The summed E-state index contributed by atoms with van der Waals surface area (Å²) in [6.45, 7) is 4.89. The number of anilines is 1. The molecule has 0 saturated carbocycles. The minimum absolute atomic E-state index is 0.389. The van der Waals surface area contributed by atoms with Crippen LogP contribution in [0.5, 0.6) is 0 Å². The number of nitrogens with zero attached hydrogens (tertiary/aromatic N) is 2. The highest BCUT2D eigenvalue weighted by atomic mass is 16.4. The molecule has 0 aromatic carbocycles. The standard InChI is InChI=1S/C15H21N3O3/c1-3-15(14(20)21)6-8-18(9-7-15)13-11(12(16)19)5-4-10(2)17-13/h4-5H,3,6-9H2,1-2H3,(H2,16,19)(H,20,21). The van der Waals surface area contributed by atoms with E-state index < -0.39 is 17.3 Å².